The number of aromatic carboxylic acids is 1. The van der Waals surface area contributed by atoms with Crippen molar-refractivity contribution in [1.82, 2.24) is 0 Å². The van der Waals surface area contributed by atoms with Crippen molar-refractivity contribution in [3.05, 3.63) is 53.6 Å². The lowest BCUT2D eigenvalue weighted by molar-refractivity contribution is -0.113. The Bertz CT molecular complexity index is 777. The number of amides is 1. The lowest BCUT2D eigenvalue weighted by Crippen LogP contribution is -2.15. The molecule has 0 aliphatic heterocycles. The van der Waals surface area contributed by atoms with Gasteiger partial charge in [-0.05, 0) is 60.7 Å². The molecule has 4 nitrogen and oxygen atoms in total. The fourth-order valence-electron chi connectivity index (χ4n) is 2.71. The summed E-state index contributed by atoms with van der Waals surface area (Å²) in [6.45, 7) is 0. The van der Waals surface area contributed by atoms with Crippen molar-refractivity contribution in [2.45, 2.75) is 25.7 Å². The van der Waals surface area contributed by atoms with E-state index in [0.29, 0.717) is 0 Å². The van der Waals surface area contributed by atoms with Crippen LogP contribution in [0.4, 0.5) is 5.69 Å². The molecule has 0 fully saturated rings. The van der Waals surface area contributed by atoms with E-state index >= 15 is 0 Å². The zero-order valence-electron chi connectivity index (χ0n) is 12.1. The van der Waals surface area contributed by atoms with Gasteiger partial charge in [-0.3, -0.25) is 4.79 Å². The van der Waals surface area contributed by atoms with Crippen LogP contribution in [0.3, 0.4) is 0 Å². The first-order valence-corrected chi connectivity index (χ1v) is 7.41. The first kappa shape index (κ1) is 14.3. The van der Waals surface area contributed by atoms with Gasteiger partial charge in [-0.1, -0.05) is 18.2 Å². The molecule has 0 atom stereocenters. The summed E-state index contributed by atoms with van der Waals surface area (Å²) in [5.41, 5.74) is 1.84. The molecule has 3 rings (SSSR count). The molecule has 0 aromatic heterocycles. The third kappa shape index (κ3) is 3.01. The van der Waals surface area contributed by atoms with E-state index in [1.54, 1.807) is 24.3 Å². The number of carboxylic acids is 1. The quantitative estimate of drug-likeness (QED) is 0.900. The molecule has 2 aromatic carbocycles. The van der Waals surface area contributed by atoms with Crippen molar-refractivity contribution >= 4 is 28.3 Å². The monoisotopic (exact) mass is 295 g/mol. The summed E-state index contributed by atoms with van der Waals surface area (Å²) in [5, 5.41) is 13.7. The molecular formula is C18H17NO3. The van der Waals surface area contributed by atoms with Crippen LogP contribution in [0.15, 0.2) is 48.0 Å². The first-order chi connectivity index (χ1) is 10.6. The number of hydrogen-bond acceptors (Lipinski definition) is 2. The highest BCUT2D eigenvalue weighted by atomic mass is 16.4. The predicted molar refractivity (Wildman–Crippen MR) is 86.1 cm³/mol. The Balaban J connectivity index is 1.83. The van der Waals surface area contributed by atoms with Gasteiger partial charge >= 0.3 is 5.97 Å². The number of rotatable bonds is 3. The summed E-state index contributed by atoms with van der Waals surface area (Å²) in [7, 11) is 0. The van der Waals surface area contributed by atoms with Crippen molar-refractivity contribution in [3.8, 4) is 0 Å². The molecule has 0 radical (unpaired) electrons. The minimum atomic E-state index is -0.941. The minimum absolute atomic E-state index is 0.0405. The SMILES string of the molecule is O=C(Nc1ccc2cc(C(=O)O)ccc2c1)C1=CCCCC1. The van der Waals surface area contributed by atoms with E-state index in [4.69, 9.17) is 5.11 Å². The summed E-state index contributed by atoms with van der Waals surface area (Å²) >= 11 is 0. The Morgan fingerprint density at radius 3 is 2.50 bits per heavy atom. The fourth-order valence-corrected chi connectivity index (χ4v) is 2.71. The molecule has 4 heteroatoms. The molecule has 1 aliphatic carbocycles. The van der Waals surface area contributed by atoms with Crippen LogP contribution < -0.4 is 5.32 Å². The largest absolute Gasteiger partial charge is 0.478 e. The third-order valence-electron chi connectivity index (χ3n) is 3.93. The topological polar surface area (TPSA) is 66.4 Å². The van der Waals surface area contributed by atoms with Crippen molar-refractivity contribution in [2.75, 3.05) is 5.32 Å². The van der Waals surface area contributed by atoms with Gasteiger partial charge in [0.2, 0.25) is 0 Å². The molecule has 0 saturated heterocycles. The Labute approximate surface area is 128 Å². The van der Waals surface area contributed by atoms with Crippen molar-refractivity contribution in [3.63, 3.8) is 0 Å². The number of carbonyl (C=O) groups is 2. The van der Waals surface area contributed by atoms with Crippen LogP contribution in [-0.4, -0.2) is 17.0 Å². The normalized spacial score (nSPS) is 14.5. The standard InChI is InChI=1S/C18H17NO3/c20-17(12-4-2-1-3-5-12)19-16-9-8-13-10-15(18(21)22)7-6-14(13)11-16/h4,6-11H,1-3,5H2,(H,19,20)(H,21,22). The number of fused-ring (bicyclic) bond motifs is 1. The fraction of sp³-hybridized carbons (Fsp3) is 0.222. The summed E-state index contributed by atoms with van der Waals surface area (Å²) in [5.74, 6) is -0.982. The molecular weight excluding hydrogens is 278 g/mol. The summed E-state index contributed by atoms with van der Waals surface area (Å²) in [4.78, 5) is 23.2. The second-order valence-corrected chi connectivity index (χ2v) is 5.51. The van der Waals surface area contributed by atoms with Crippen LogP contribution in [0.2, 0.25) is 0 Å². The van der Waals surface area contributed by atoms with Gasteiger partial charge in [-0.25, -0.2) is 4.79 Å². The second-order valence-electron chi connectivity index (χ2n) is 5.51. The van der Waals surface area contributed by atoms with Gasteiger partial charge < -0.3 is 10.4 Å². The van der Waals surface area contributed by atoms with Gasteiger partial charge in [0, 0.05) is 11.3 Å². The van der Waals surface area contributed by atoms with Crippen LogP contribution >= 0.6 is 0 Å². The van der Waals surface area contributed by atoms with Crippen molar-refractivity contribution in [2.24, 2.45) is 0 Å². The number of carboxylic acid groups (broad SMARTS) is 1. The van der Waals surface area contributed by atoms with Gasteiger partial charge in [0.15, 0.2) is 0 Å². The van der Waals surface area contributed by atoms with Gasteiger partial charge in [0.05, 0.1) is 5.56 Å². The van der Waals surface area contributed by atoms with Crippen LogP contribution in [-0.2, 0) is 4.79 Å². The van der Waals surface area contributed by atoms with Crippen LogP contribution in [0.1, 0.15) is 36.0 Å². The Morgan fingerprint density at radius 2 is 1.77 bits per heavy atom. The molecule has 1 aliphatic rings. The third-order valence-corrected chi connectivity index (χ3v) is 3.93. The highest BCUT2D eigenvalue weighted by Gasteiger charge is 2.12. The first-order valence-electron chi connectivity index (χ1n) is 7.41. The van der Waals surface area contributed by atoms with Crippen LogP contribution in [0.25, 0.3) is 10.8 Å². The molecule has 0 bridgehead atoms. The lowest BCUT2D eigenvalue weighted by Gasteiger charge is -2.13. The maximum absolute atomic E-state index is 12.2. The van der Waals surface area contributed by atoms with E-state index in [2.05, 4.69) is 5.32 Å². The van der Waals surface area contributed by atoms with E-state index in [1.165, 1.54) is 0 Å². The Morgan fingerprint density at radius 1 is 1.00 bits per heavy atom. The number of carbonyl (C=O) groups excluding carboxylic acids is 1. The number of allylic oxidation sites excluding steroid dienone is 1. The predicted octanol–water partition coefficient (Wildman–Crippen LogP) is 3.98. The summed E-state index contributed by atoms with van der Waals surface area (Å²) < 4.78 is 0. The summed E-state index contributed by atoms with van der Waals surface area (Å²) in [6, 6.07) is 10.4. The smallest absolute Gasteiger partial charge is 0.335 e. The Hall–Kier alpha value is -2.62. The van der Waals surface area contributed by atoms with E-state index in [-0.39, 0.29) is 11.5 Å². The number of benzene rings is 2. The highest BCUT2D eigenvalue weighted by Crippen LogP contribution is 2.23. The van der Waals surface area contributed by atoms with Gasteiger partial charge in [-0.15, -0.1) is 0 Å². The van der Waals surface area contributed by atoms with E-state index in [9.17, 15) is 9.59 Å². The van der Waals surface area contributed by atoms with Crippen LogP contribution in [0.5, 0.6) is 0 Å². The van der Waals surface area contributed by atoms with Gasteiger partial charge in [0.25, 0.3) is 5.91 Å². The average molecular weight is 295 g/mol. The van der Waals surface area contributed by atoms with E-state index in [1.807, 2.05) is 18.2 Å². The van der Waals surface area contributed by atoms with E-state index < -0.39 is 5.97 Å². The van der Waals surface area contributed by atoms with Crippen molar-refractivity contribution < 1.29 is 14.7 Å². The molecule has 1 amide bonds. The molecule has 0 unspecified atom stereocenters. The number of anilines is 1. The average Bonchev–Trinajstić information content (AvgIpc) is 2.55. The zero-order valence-corrected chi connectivity index (χ0v) is 12.1. The maximum Gasteiger partial charge on any atom is 0.335 e. The molecule has 0 spiro atoms. The summed E-state index contributed by atoms with van der Waals surface area (Å²) in [6.07, 6.45) is 6.03. The number of nitrogens with one attached hydrogen (secondary N) is 1. The zero-order chi connectivity index (χ0) is 15.5. The van der Waals surface area contributed by atoms with Crippen molar-refractivity contribution in [1.29, 1.82) is 0 Å². The number of hydrogen-bond donors (Lipinski definition) is 2. The lowest BCUT2D eigenvalue weighted by atomic mass is 9.99. The van der Waals surface area contributed by atoms with Crippen LogP contribution in [0, 0.1) is 0 Å². The molecule has 0 heterocycles. The minimum Gasteiger partial charge on any atom is -0.478 e. The van der Waals surface area contributed by atoms with E-state index in [0.717, 1.165) is 47.7 Å². The molecule has 112 valence electrons. The van der Waals surface area contributed by atoms with Gasteiger partial charge in [-0.2, -0.15) is 0 Å². The van der Waals surface area contributed by atoms with Gasteiger partial charge in [0.1, 0.15) is 0 Å². The Kier molecular flexibility index (Phi) is 3.92. The molecule has 22 heavy (non-hydrogen) atoms. The highest BCUT2D eigenvalue weighted by molar-refractivity contribution is 6.05. The maximum atomic E-state index is 12.2. The molecule has 2 aromatic rings. The molecule has 0 saturated carbocycles. The molecule has 2 N–H and O–H groups in total. The second kappa shape index (κ2) is 6.02.